The predicted molar refractivity (Wildman–Crippen MR) is 79.9 cm³/mol. The summed E-state index contributed by atoms with van der Waals surface area (Å²) in [5.41, 5.74) is 8.08. The van der Waals surface area contributed by atoms with Gasteiger partial charge in [-0.1, -0.05) is 41.9 Å². The summed E-state index contributed by atoms with van der Waals surface area (Å²) in [5.74, 6) is 1.06. The molecule has 2 aromatic rings. The van der Waals surface area contributed by atoms with Crippen molar-refractivity contribution >= 4 is 11.6 Å². The van der Waals surface area contributed by atoms with Gasteiger partial charge in [-0.2, -0.15) is 0 Å². The van der Waals surface area contributed by atoms with Crippen molar-refractivity contribution in [1.29, 1.82) is 0 Å². The van der Waals surface area contributed by atoms with Gasteiger partial charge in [0.05, 0.1) is 6.61 Å². The smallest absolute Gasteiger partial charge is 0.122 e. The molecular formula is C16H18ClNO. The number of benzene rings is 2. The Balaban J connectivity index is 2.06. The van der Waals surface area contributed by atoms with Crippen LogP contribution in [0.3, 0.4) is 0 Å². The third-order valence-corrected chi connectivity index (χ3v) is 3.37. The van der Waals surface area contributed by atoms with Crippen LogP contribution in [-0.4, -0.2) is 13.2 Å². The molecule has 100 valence electrons. The highest BCUT2D eigenvalue weighted by molar-refractivity contribution is 6.30. The average molecular weight is 276 g/mol. The maximum Gasteiger partial charge on any atom is 0.122 e. The standard InChI is InChI=1S/C16H18ClNO/c1-12-5-2-3-8-16(12)19-11-14(10-18)13-6-4-7-15(17)9-13/h2-9,14H,10-11,18H2,1H3. The summed E-state index contributed by atoms with van der Waals surface area (Å²) in [5, 5.41) is 0.729. The molecule has 0 heterocycles. The van der Waals surface area contributed by atoms with E-state index in [1.165, 1.54) is 0 Å². The minimum Gasteiger partial charge on any atom is -0.493 e. The van der Waals surface area contributed by atoms with Gasteiger partial charge in [-0.3, -0.25) is 0 Å². The lowest BCUT2D eigenvalue weighted by Gasteiger charge is -2.17. The Morgan fingerprint density at radius 1 is 1.16 bits per heavy atom. The van der Waals surface area contributed by atoms with Gasteiger partial charge >= 0.3 is 0 Å². The van der Waals surface area contributed by atoms with E-state index >= 15 is 0 Å². The number of aryl methyl sites for hydroxylation is 1. The molecule has 0 aromatic heterocycles. The van der Waals surface area contributed by atoms with Crippen LogP contribution >= 0.6 is 11.6 Å². The molecule has 2 nitrogen and oxygen atoms in total. The van der Waals surface area contributed by atoms with Crippen LogP contribution in [0.1, 0.15) is 17.0 Å². The molecule has 1 atom stereocenters. The van der Waals surface area contributed by atoms with Gasteiger partial charge in [0, 0.05) is 17.5 Å². The fourth-order valence-corrected chi connectivity index (χ4v) is 2.17. The van der Waals surface area contributed by atoms with Crippen molar-refractivity contribution in [1.82, 2.24) is 0 Å². The first-order valence-electron chi connectivity index (χ1n) is 6.34. The number of para-hydroxylation sites is 1. The second kappa shape index (κ2) is 6.60. The summed E-state index contributed by atoms with van der Waals surface area (Å²) in [6.07, 6.45) is 0. The molecule has 19 heavy (non-hydrogen) atoms. The van der Waals surface area contributed by atoms with Crippen molar-refractivity contribution in [2.75, 3.05) is 13.2 Å². The fraction of sp³-hybridized carbons (Fsp3) is 0.250. The van der Waals surface area contributed by atoms with Crippen molar-refractivity contribution < 1.29 is 4.74 Å². The molecule has 0 aliphatic heterocycles. The van der Waals surface area contributed by atoms with Crippen molar-refractivity contribution in [3.05, 3.63) is 64.7 Å². The largest absolute Gasteiger partial charge is 0.493 e. The number of rotatable bonds is 5. The fourth-order valence-electron chi connectivity index (χ4n) is 1.97. The van der Waals surface area contributed by atoms with E-state index in [9.17, 15) is 0 Å². The molecule has 0 saturated carbocycles. The van der Waals surface area contributed by atoms with Gasteiger partial charge in [0.2, 0.25) is 0 Å². The molecule has 0 bridgehead atoms. The summed E-state index contributed by atoms with van der Waals surface area (Å²) in [6.45, 7) is 3.13. The SMILES string of the molecule is Cc1ccccc1OCC(CN)c1cccc(Cl)c1. The van der Waals surface area contributed by atoms with E-state index in [4.69, 9.17) is 22.1 Å². The molecule has 3 heteroatoms. The van der Waals surface area contributed by atoms with E-state index in [-0.39, 0.29) is 5.92 Å². The van der Waals surface area contributed by atoms with Gasteiger partial charge in [0.25, 0.3) is 0 Å². The molecular weight excluding hydrogens is 258 g/mol. The van der Waals surface area contributed by atoms with Gasteiger partial charge in [0.1, 0.15) is 5.75 Å². The maximum atomic E-state index is 6.01. The Bertz CT molecular complexity index is 542. The third-order valence-electron chi connectivity index (χ3n) is 3.14. The zero-order valence-corrected chi connectivity index (χ0v) is 11.7. The minimum absolute atomic E-state index is 0.151. The third kappa shape index (κ3) is 3.72. The van der Waals surface area contributed by atoms with Crippen molar-refractivity contribution in [3.63, 3.8) is 0 Å². The Morgan fingerprint density at radius 3 is 2.63 bits per heavy atom. The molecule has 2 aromatic carbocycles. The summed E-state index contributed by atoms with van der Waals surface area (Å²) >= 11 is 6.01. The van der Waals surface area contributed by atoms with E-state index in [1.807, 2.05) is 55.5 Å². The lowest BCUT2D eigenvalue weighted by molar-refractivity contribution is 0.288. The van der Waals surface area contributed by atoms with Crippen LogP contribution in [-0.2, 0) is 0 Å². The Kier molecular flexibility index (Phi) is 4.83. The topological polar surface area (TPSA) is 35.2 Å². The van der Waals surface area contributed by atoms with Gasteiger partial charge in [-0.05, 0) is 36.2 Å². The molecule has 0 radical (unpaired) electrons. The highest BCUT2D eigenvalue weighted by Crippen LogP contribution is 2.22. The number of nitrogens with two attached hydrogens (primary N) is 1. The molecule has 1 unspecified atom stereocenters. The first-order chi connectivity index (χ1) is 9.20. The normalized spacial score (nSPS) is 12.2. The monoisotopic (exact) mass is 275 g/mol. The van der Waals surface area contributed by atoms with E-state index < -0.39 is 0 Å². The van der Waals surface area contributed by atoms with Crippen molar-refractivity contribution in [2.45, 2.75) is 12.8 Å². The summed E-state index contributed by atoms with van der Waals surface area (Å²) in [7, 11) is 0. The first-order valence-corrected chi connectivity index (χ1v) is 6.72. The molecule has 0 amide bonds. The van der Waals surface area contributed by atoms with Gasteiger partial charge in [-0.25, -0.2) is 0 Å². The molecule has 0 saturated heterocycles. The van der Waals surface area contributed by atoms with Crippen LogP contribution in [0, 0.1) is 6.92 Å². The highest BCUT2D eigenvalue weighted by atomic mass is 35.5. The Hall–Kier alpha value is -1.51. The lowest BCUT2D eigenvalue weighted by atomic mass is 10.0. The zero-order valence-electron chi connectivity index (χ0n) is 11.0. The summed E-state index contributed by atoms with van der Waals surface area (Å²) < 4.78 is 5.86. The van der Waals surface area contributed by atoms with Gasteiger partial charge in [-0.15, -0.1) is 0 Å². The van der Waals surface area contributed by atoms with Crippen molar-refractivity contribution in [2.24, 2.45) is 5.73 Å². The van der Waals surface area contributed by atoms with Crippen LogP contribution in [0.5, 0.6) is 5.75 Å². The maximum absolute atomic E-state index is 6.01. The van der Waals surface area contributed by atoms with E-state index in [0.29, 0.717) is 13.2 Å². The lowest BCUT2D eigenvalue weighted by Crippen LogP contribution is -2.19. The molecule has 2 rings (SSSR count). The molecule has 0 spiro atoms. The second-order valence-electron chi connectivity index (χ2n) is 4.56. The number of hydrogen-bond donors (Lipinski definition) is 1. The van der Waals surface area contributed by atoms with E-state index in [0.717, 1.165) is 21.9 Å². The van der Waals surface area contributed by atoms with Crippen LogP contribution in [0.2, 0.25) is 5.02 Å². The molecule has 0 fully saturated rings. The number of hydrogen-bond acceptors (Lipinski definition) is 2. The van der Waals surface area contributed by atoms with E-state index in [2.05, 4.69) is 0 Å². The Morgan fingerprint density at radius 2 is 1.95 bits per heavy atom. The predicted octanol–water partition coefficient (Wildman–Crippen LogP) is 3.77. The number of halogens is 1. The highest BCUT2D eigenvalue weighted by Gasteiger charge is 2.11. The molecule has 0 aliphatic rings. The van der Waals surface area contributed by atoms with Crippen LogP contribution in [0.4, 0.5) is 0 Å². The zero-order chi connectivity index (χ0) is 13.7. The summed E-state index contributed by atoms with van der Waals surface area (Å²) in [4.78, 5) is 0. The average Bonchev–Trinajstić information content (AvgIpc) is 2.41. The van der Waals surface area contributed by atoms with Crippen LogP contribution in [0.25, 0.3) is 0 Å². The van der Waals surface area contributed by atoms with Gasteiger partial charge < -0.3 is 10.5 Å². The van der Waals surface area contributed by atoms with Crippen molar-refractivity contribution in [3.8, 4) is 5.75 Å². The molecule has 0 aliphatic carbocycles. The first kappa shape index (κ1) is 13.9. The van der Waals surface area contributed by atoms with Crippen LogP contribution in [0.15, 0.2) is 48.5 Å². The number of ether oxygens (including phenoxy) is 1. The molecule has 2 N–H and O–H groups in total. The van der Waals surface area contributed by atoms with E-state index in [1.54, 1.807) is 0 Å². The van der Waals surface area contributed by atoms with Crippen LogP contribution < -0.4 is 10.5 Å². The minimum atomic E-state index is 0.151. The van der Waals surface area contributed by atoms with Gasteiger partial charge in [0.15, 0.2) is 0 Å². The second-order valence-corrected chi connectivity index (χ2v) is 5.00. The summed E-state index contributed by atoms with van der Waals surface area (Å²) in [6, 6.07) is 15.8. The quantitative estimate of drug-likeness (QED) is 0.901. The Labute approximate surface area is 119 Å².